The number of nitrogens with one attached hydrogen (secondary N) is 1. The second-order valence-electron chi connectivity index (χ2n) is 7.25. The zero-order valence-electron chi connectivity index (χ0n) is 14.7. The van der Waals surface area contributed by atoms with Crippen molar-refractivity contribution in [1.29, 1.82) is 0 Å². The van der Waals surface area contributed by atoms with Gasteiger partial charge in [-0.2, -0.15) is 0 Å². The Kier molecular flexibility index (Phi) is 5.25. The maximum absolute atomic E-state index is 12.4. The molecule has 2 saturated carbocycles. The monoisotopic (exact) mass is 414 g/mol. The van der Waals surface area contributed by atoms with Crippen molar-refractivity contribution in [2.45, 2.75) is 50.7 Å². The van der Waals surface area contributed by atoms with Crippen LogP contribution in [0.1, 0.15) is 49.1 Å². The lowest BCUT2D eigenvalue weighted by Crippen LogP contribution is -2.25. The van der Waals surface area contributed by atoms with Gasteiger partial charge in [-0.05, 0) is 61.3 Å². The smallest absolute Gasteiger partial charge is 0.224 e. The van der Waals surface area contributed by atoms with E-state index in [1.807, 2.05) is 24.3 Å². The number of benzene rings is 1. The van der Waals surface area contributed by atoms with Gasteiger partial charge in [-0.1, -0.05) is 34.1 Å². The van der Waals surface area contributed by atoms with E-state index in [1.54, 1.807) is 6.20 Å². The Labute approximate surface area is 162 Å². The van der Waals surface area contributed by atoms with E-state index in [0.717, 1.165) is 29.3 Å². The van der Waals surface area contributed by atoms with Crippen LogP contribution in [0.5, 0.6) is 5.88 Å². The minimum atomic E-state index is 0.0854. The fourth-order valence-electron chi connectivity index (χ4n) is 3.67. The SMILES string of the molecule is O=C(NCc1ccc(OC2CCCC2)nc1)C1CC1c1cccc(Br)c1. The zero-order valence-corrected chi connectivity index (χ0v) is 16.2. The Morgan fingerprint density at radius 3 is 2.81 bits per heavy atom. The highest BCUT2D eigenvalue weighted by molar-refractivity contribution is 9.10. The number of hydrogen-bond donors (Lipinski definition) is 1. The molecule has 4 nitrogen and oxygen atoms in total. The van der Waals surface area contributed by atoms with E-state index < -0.39 is 0 Å². The molecule has 1 N–H and O–H groups in total. The van der Waals surface area contributed by atoms with Crippen LogP contribution in [-0.4, -0.2) is 17.0 Å². The highest BCUT2D eigenvalue weighted by Gasteiger charge is 2.43. The summed E-state index contributed by atoms with van der Waals surface area (Å²) in [5.41, 5.74) is 2.23. The first-order chi connectivity index (χ1) is 12.7. The first-order valence-electron chi connectivity index (χ1n) is 9.34. The number of aromatic nitrogens is 1. The quantitative estimate of drug-likeness (QED) is 0.751. The molecular weight excluding hydrogens is 392 g/mol. The summed E-state index contributed by atoms with van der Waals surface area (Å²) in [6, 6.07) is 12.1. The first-order valence-corrected chi connectivity index (χ1v) is 10.1. The third-order valence-electron chi connectivity index (χ3n) is 5.26. The average Bonchev–Trinajstić information content (AvgIpc) is 3.30. The summed E-state index contributed by atoms with van der Waals surface area (Å²) in [5, 5.41) is 3.04. The topological polar surface area (TPSA) is 51.2 Å². The fraction of sp³-hybridized carbons (Fsp3) is 0.429. The molecule has 2 atom stereocenters. The molecule has 2 aromatic rings. The van der Waals surface area contributed by atoms with Gasteiger partial charge in [0.1, 0.15) is 6.10 Å². The summed E-state index contributed by atoms with van der Waals surface area (Å²) >= 11 is 3.49. The van der Waals surface area contributed by atoms with Gasteiger partial charge in [-0.25, -0.2) is 4.98 Å². The molecule has 2 fully saturated rings. The summed E-state index contributed by atoms with van der Waals surface area (Å²) < 4.78 is 6.94. The van der Waals surface area contributed by atoms with Crippen LogP contribution in [0.4, 0.5) is 0 Å². The van der Waals surface area contributed by atoms with Crippen LogP contribution in [-0.2, 0) is 11.3 Å². The minimum Gasteiger partial charge on any atom is -0.474 e. The lowest BCUT2D eigenvalue weighted by atomic mass is 10.1. The minimum absolute atomic E-state index is 0.0854. The van der Waals surface area contributed by atoms with Crippen LogP contribution in [0.2, 0.25) is 0 Å². The van der Waals surface area contributed by atoms with E-state index in [-0.39, 0.29) is 11.8 Å². The van der Waals surface area contributed by atoms with Gasteiger partial charge in [0.25, 0.3) is 0 Å². The second-order valence-corrected chi connectivity index (χ2v) is 8.17. The van der Waals surface area contributed by atoms with Crippen molar-refractivity contribution in [3.05, 3.63) is 58.2 Å². The molecule has 1 aromatic heterocycles. The largest absolute Gasteiger partial charge is 0.474 e. The third kappa shape index (κ3) is 4.26. The van der Waals surface area contributed by atoms with Crippen molar-refractivity contribution >= 4 is 21.8 Å². The Hall–Kier alpha value is -1.88. The van der Waals surface area contributed by atoms with Gasteiger partial charge in [0, 0.05) is 29.2 Å². The highest BCUT2D eigenvalue weighted by atomic mass is 79.9. The van der Waals surface area contributed by atoms with Crippen molar-refractivity contribution in [1.82, 2.24) is 10.3 Å². The lowest BCUT2D eigenvalue weighted by Gasteiger charge is -2.12. The standard InChI is InChI=1S/C21H23BrN2O2/c22-16-5-3-4-15(10-16)18-11-19(18)21(25)24-13-14-8-9-20(23-12-14)26-17-6-1-2-7-17/h3-5,8-10,12,17-19H,1-2,6-7,11,13H2,(H,24,25). The van der Waals surface area contributed by atoms with Crippen LogP contribution in [0, 0.1) is 5.92 Å². The molecule has 0 bridgehead atoms. The van der Waals surface area contributed by atoms with Crippen LogP contribution in [0.15, 0.2) is 47.1 Å². The van der Waals surface area contributed by atoms with Crippen LogP contribution in [0.25, 0.3) is 0 Å². The summed E-state index contributed by atoms with van der Waals surface area (Å²) in [5.74, 6) is 1.24. The summed E-state index contributed by atoms with van der Waals surface area (Å²) in [6.07, 6.45) is 7.78. The number of ether oxygens (including phenoxy) is 1. The van der Waals surface area contributed by atoms with Crippen LogP contribution >= 0.6 is 15.9 Å². The third-order valence-corrected chi connectivity index (χ3v) is 5.75. The van der Waals surface area contributed by atoms with Crippen molar-refractivity contribution < 1.29 is 9.53 Å². The van der Waals surface area contributed by atoms with E-state index in [9.17, 15) is 4.79 Å². The number of pyridine rings is 1. The van der Waals surface area contributed by atoms with Crippen molar-refractivity contribution in [2.75, 3.05) is 0 Å². The number of halogens is 1. The Morgan fingerprint density at radius 2 is 2.08 bits per heavy atom. The van der Waals surface area contributed by atoms with Crippen molar-refractivity contribution in [3.63, 3.8) is 0 Å². The molecule has 2 aliphatic rings. The molecule has 136 valence electrons. The van der Waals surface area contributed by atoms with Gasteiger partial charge in [0.2, 0.25) is 11.8 Å². The van der Waals surface area contributed by atoms with E-state index in [1.165, 1.54) is 18.4 Å². The summed E-state index contributed by atoms with van der Waals surface area (Å²) in [7, 11) is 0. The van der Waals surface area contributed by atoms with Gasteiger partial charge in [0.15, 0.2) is 0 Å². The maximum Gasteiger partial charge on any atom is 0.224 e. The van der Waals surface area contributed by atoms with Crippen molar-refractivity contribution in [3.8, 4) is 5.88 Å². The van der Waals surface area contributed by atoms with Crippen molar-refractivity contribution in [2.24, 2.45) is 5.92 Å². The molecule has 0 aliphatic heterocycles. The molecule has 1 amide bonds. The van der Waals surface area contributed by atoms with E-state index in [4.69, 9.17) is 4.74 Å². The van der Waals surface area contributed by atoms with Crippen LogP contribution < -0.4 is 10.1 Å². The molecule has 0 saturated heterocycles. The number of amides is 1. The molecule has 2 unspecified atom stereocenters. The molecule has 1 aromatic carbocycles. The normalized spacial score (nSPS) is 22.2. The van der Waals surface area contributed by atoms with Gasteiger partial charge in [0.05, 0.1) is 0 Å². The molecule has 5 heteroatoms. The van der Waals surface area contributed by atoms with Crippen LogP contribution in [0.3, 0.4) is 0 Å². The number of carbonyl (C=O) groups excluding carboxylic acids is 1. The Morgan fingerprint density at radius 1 is 1.23 bits per heavy atom. The number of hydrogen-bond acceptors (Lipinski definition) is 3. The fourth-order valence-corrected chi connectivity index (χ4v) is 4.09. The van der Waals surface area contributed by atoms with E-state index >= 15 is 0 Å². The molecule has 0 radical (unpaired) electrons. The van der Waals surface area contributed by atoms with Gasteiger partial charge >= 0.3 is 0 Å². The first kappa shape index (κ1) is 17.5. The average molecular weight is 415 g/mol. The molecular formula is C21H23BrN2O2. The number of rotatable bonds is 6. The summed E-state index contributed by atoms with van der Waals surface area (Å²) in [4.78, 5) is 16.8. The van der Waals surface area contributed by atoms with E-state index in [2.05, 4.69) is 38.4 Å². The summed E-state index contributed by atoms with van der Waals surface area (Å²) in [6.45, 7) is 0.511. The zero-order chi connectivity index (χ0) is 17.9. The molecule has 26 heavy (non-hydrogen) atoms. The Balaban J connectivity index is 1.25. The molecule has 0 spiro atoms. The maximum atomic E-state index is 12.4. The highest BCUT2D eigenvalue weighted by Crippen LogP contribution is 2.47. The predicted octanol–water partition coefficient (Wildman–Crippen LogP) is 4.59. The number of carbonyl (C=O) groups is 1. The predicted molar refractivity (Wildman–Crippen MR) is 104 cm³/mol. The molecule has 2 aliphatic carbocycles. The van der Waals surface area contributed by atoms with E-state index in [0.29, 0.717) is 24.4 Å². The Bertz CT molecular complexity index is 772. The molecule has 1 heterocycles. The van der Waals surface area contributed by atoms with Gasteiger partial charge < -0.3 is 10.1 Å². The van der Waals surface area contributed by atoms with Gasteiger partial charge in [-0.15, -0.1) is 0 Å². The lowest BCUT2D eigenvalue weighted by molar-refractivity contribution is -0.122. The number of nitrogens with zero attached hydrogens (tertiary/aromatic N) is 1. The second kappa shape index (κ2) is 7.78. The van der Waals surface area contributed by atoms with Gasteiger partial charge in [-0.3, -0.25) is 4.79 Å². The molecule has 4 rings (SSSR count).